The van der Waals surface area contributed by atoms with Crippen molar-refractivity contribution in [2.75, 3.05) is 23.7 Å². The third-order valence-corrected chi connectivity index (χ3v) is 5.10. The molecule has 2 N–H and O–H groups in total. The van der Waals surface area contributed by atoms with Crippen molar-refractivity contribution in [3.63, 3.8) is 0 Å². The Morgan fingerprint density at radius 2 is 1.55 bits per heavy atom. The van der Waals surface area contributed by atoms with Gasteiger partial charge in [0.1, 0.15) is 12.3 Å². The zero-order valence-corrected chi connectivity index (χ0v) is 17.7. The fourth-order valence-corrected chi connectivity index (χ4v) is 3.65. The van der Waals surface area contributed by atoms with Gasteiger partial charge in [-0.15, -0.1) is 0 Å². The molecule has 0 aliphatic heterocycles. The van der Waals surface area contributed by atoms with Gasteiger partial charge in [0.15, 0.2) is 6.61 Å². The van der Waals surface area contributed by atoms with E-state index in [9.17, 15) is 18.0 Å². The lowest BCUT2D eigenvalue weighted by Crippen LogP contribution is -2.49. The molecule has 9 heteroatoms. The highest BCUT2D eigenvalue weighted by Gasteiger charge is 2.22. The molecule has 29 heavy (non-hydrogen) atoms. The Morgan fingerprint density at radius 3 is 2.14 bits per heavy atom. The minimum absolute atomic E-state index is 0.295. The number of para-hydroxylation sites is 1. The Kier molecular flexibility index (Phi) is 7.22. The maximum atomic E-state index is 12.2. The highest BCUT2D eigenvalue weighted by Crippen LogP contribution is 2.21. The van der Waals surface area contributed by atoms with Crippen LogP contribution in [0.25, 0.3) is 0 Å². The fraction of sp³-hybridized carbons (Fsp3) is 0.300. The number of anilines is 1. The lowest BCUT2D eigenvalue weighted by Gasteiger charge is -2.23. The van der Waals surface area contributed by atoms with Crippen LogP contribution in [0.2, 0.25) is 0 Å². The summed E-state index contributed by atoms with van der Waals surface area (Å²) in [5, 5.41) is 0. The average molecular weight is 420 g/mol. The van der Waals surface area contributed by atoms with E-state index in [0.717, 1.165) is 21.7 Å². The van der Waals surface area contributed by atoms with Crippen molar-refractivity contribution in [2.24, 2.45) is 0 Å². The second kappa shape index (κ2) is 9.42. The molecule has 8 nitrogen and oxygen atoms in total. The van der Waals surface area contributed by atoms with Gasteiger partial charge in [0, 0.05) is 0 Å². The number of benzene rings is 2. The minimum Gasteiger partial charge on any atom is -0.484 e. The number of hydrogen-bond acceptors (Lipinski definition) is 5. The molecule has 0 spiro atoms. The van der Waals surface area contributed by atoms with Gasteiger partial charge in [-0.25, -0.2) is 8.42 Å². The smallest absolute Gasteiger partial charge is 0.276 e. The van der Waals surface area contributed by atoms with Crippen LogP contribution in [-0.2, 0) is 19.6 Å². The molecule has 0 unspecified atom stereocenters. The molecular formula is C20H25N3O5S. The number of carbonyl (C=O) groups excluding carboxylic acids is 2. The Hall–Kier alpha value is -3.07. The standard InChI is InChI=1S/C20H25N3O5S/c1-14-9-15(2)11-17(10-14)28-13-20(25)22-21-19(24)12-23(29(4,26)27)18-8-6-5-7-16(18)3/h5-11H,12-13H2,1-4H3,(H,21,24)(H,22,25). The van der Waals surface area contributed by atoms with E-state index in [2.05, 4.69) is 10.9 Å². The number of amides is 2. The van der Waals surface area contributed by atoms with Crippen LogP contribution >= 0.6 is 0 Å². The number of ether oxygens (including phenoxy) is 1. The van der Waals surface area contributed by atoms with Crippen molar-refractivity contribution in [3.05, 3.63) is 59.2 Å². The van der Waals surface area contributed by atoms with Crippen molar-refractivity contribution in [3.8, 4) is 5.75 Å². The number of aryl methyl sites for hydroxylation is 3. The summed E-state index contributed by atoms with van der Waals surface area (Å²) in [6, 6.07) is 12.4. The molecule has 0 saturated heterocycles. The molecule has 2 amide bonds. The number of hydrogen-bond donors (Lipinski definition) is 2. The van der Waals surface area contributed by atoms with E-state index >= 15 is 0 Å². The molecule has 0 saturated carbocycles. The second-order valence-electron chi connectivity index (χ2n) is 6.76. The third-order valence-electron chi connectivity index (χ3n) is 3.98. The van der Waals surface area contributed by atoms with Crippen LogP contribution in [0.4, 0.5) is 5.69 Å². The molecule has 0 atom stereocenters. The summed E-state index contributed by atoms with van der Waals surface area (Å²) in [6.07, 6.45) is 1.02. The van der Waals surface area contributed by atoms with Gasteiger partial charge in [-0.3, -0.25) is 24.7 Å². The SMILES string of the molecule is Cc1cc(C)cc(OCC(=O)NNC(=O)CN(c2ccccc2C)S(C)(=O)=O)c1. The lowest BCUT2D eigenvalue weighted by molar-refractivity contribution is -0.129. The summed E-state index contributed by atoms with van der Waals surface area (Å²) < 4.78 is 30.6. The molecule has 0 aliphatic rings. The van der Waals surface area contributed by atoms with E-state index in [0.29, 0.717) is 17.0 Å². The number of carbonyl (C=O) groups is 2. The summed E-state index contributed by atoms with van der Waals surface area (Å²) in [5.41, 5.74) is 7.54. The topological polar surface area (TPSA) is 105 Å². The highest BCUT2D eigenvalue weighted by molar-refractivity contribution is 7.92. The van der Waals surface area contributed by atoms with Gasteiger partial charge in [-0.2, -0.15) is 0 Å². The average Bonchev–Trinajstić information content (AvgIpc) is 2.62. The lowest BCUT2D eigenvalue weighted by atomic mass is 10.1. The van der Waals surface area contributed by atoms with E-state index in [1.54, 1.807) is 43.3 Å². The normalized spacial score (nSPS) is 10.9. The fourth-order valence-electron chi connectivity index (χ4n) is 2.73. The van der Waals surface area contributed by atoms with Gasteiger partial charge in [0.05, 0.1) is 11.9 Å². The van der Waals surface area contributed by atoms with Crippen molar-refractivity contribution >= 4 is 27.5 Å². The van der Waals surface area contributed by atoms with Gasteiger partial charge in [-0.1, -0.05) is 24.3 Å². The molecule has 0 radical (unpaired) electrons. The molecule has 2 aromatic carbocycles. The highest BCUT2D eigenvalue weighted by atomic mass is 32.2. The van der Waals surface area contributed by atoms with Crippen LogP contribution in [-0.4, -0.2) is 39.6 Å². The van der Waals surface area contributed by atoms with Gasteiger partial charge in [-0.05, 0) is 55.7 Å². The molecule has 0 bridgehead atoms. The number of rotatable bonds is 7. The monoisotopic (exact) mass is 419 g/mol. The van der Waals surface area contributed by atoms with Crippen LogP contribution < -0.4 is 19.9 Å². The molecular weight excluding hydrogens is 394 g/mol. The zero-order valence-electron chi connectivity index (χ0n) is 16.9. The number of sulfonamides is 1. The van der Waals surface area contributed by atoms with Crippen LogP contribution in [0.1, 0.15) is 16.7 Å². The Labute approximate surface area is 170 Å². The Morgan fingerprint density at radius 1 is 0.966 bits per heavy atom. The zero-order chi connectivity index (χ0) is 21.6. The summed E-state index contributed by atoms with van der Waals surface area (Å²) in [5.74, 6) is -0.704. The van der Waals surface area contributed by atoms with E-state index in [-0.39, 0.29) is 6.61 Å². The Bertz CT molecular complexity index is 985. The second-order valence-corrected chi connectivity index (χ2v) is 8.67. The van der Waals surface area contributed by atoms with Gasteiger partial charge in [0.2, 0.25) is 10.0 Å². The third kappa shape index (κ3) is 6.79. The molecule has 0 aromatic heterocycles. The number of nitrogens with one attached hydrogen (secondary N) is 2. The minimum atomic E-state index is -3.69. The molecule has 2 aromatic rings. The van der Waals surface area contributed by atoms with Crippen LogP contribution in [0.15, 0.2) is 42.5 Å². The molecule has 0 fully saturated rings. The van der Waals surface area contributed by atoms with Crippen LogP contribution in [0.3, 0.4) is 0 Å². The van der Waals surface area contributed by atoms with Gasteiger partial charge >= 0.3 is 0 Å². The van der Waals surface area contributed by atoms with Crippen LogP contribution in [0, 0.1) is 20.8 Å². The van der Waals surface area contributed by atoms with Gasteiger partial charge < -0.3 is 4.74 Å². The summed E-state index contributed by atoms with van der Waals surface area (Å²) in [4.78, 5) is 24.1. The maximum Gasteiger partial charge on any atom is 0.276 e. The first kappa shape index (κ1) is 22.2. The van der Waals surface area contributed by atoms with E-state index in [1.807, 2.05) is 19.9 Å². The van der Waals surface area contributed by atoms with Crippen molar-refractivity contribution in [1.82, 2.24) is 10.9 Å². The molecule has 156 valence electrons. The largest absolute Gasteiger partial charge is 0.484 e. The maximum absolute atomic E-state index is 12.2. The quantitative estimate of drug-likeness (QED) is 0.664. The van der Waals surface area contributed by atoms with Crippen LogP contribution in [0.5, 0.6) is 5.75 Å². The van der Waals surface area contributed by atoms with E-state index in [1.165, 1.54) is 0 Å². The first-order valence-corrected chi connectivity index (χ1v) is 10.7. The van der Waals surface area contributed by atoms with Crippen molar-refractivity contribution in [1.29, 1.82) is 0 Å². The summed E-state index contributed by atoms with van der Waals surface area (Å²) in [7, 11) is -3.69. The van der Waals surface area contributed by atoms with Crippen molar-refractivity contribution < 1.29 is 22.7 Å². The van der Waals surface area contributed by atoms with Crippen molar-refractivity contribution in [2.45, 2.75) is 20.8 Å². The first-order chi connectivity index (χ1) is 13.6. The predicted molar refractivity (Wildman–Crippen MR) is 111 cm³/mol. The summed E-state index contributed by atoms with van der Waals surface area (Å²) >= 11 is 0. The van der Waals surface area contributed by atoms with E-state index in [4.69, 9.17) is 4.74 Å². The molecule has 0 heterocycles. The van der Waals surface area contributed by atoms with Gasteiger partial charge in [0.25, 0.3) is 11.8 Å². The first-order valence-electron chi connectivity index (χ1n) is 8.88. The molecule has 0 aliphatic carbocycles. The van der Waals surface area contributed by atoms with E-state index < -0.39 is 28.4 Å². The Balaban J connectivity index is 1.92. The summed E-state index contributed by atoms with van der Waals surface area (Å²) in [6.45, 7) is 4.82. The predicted octanol–water partition coefficient (Wildman–Crippen LogP) is 1.60. The molecule has 2 rings (SSSR count). The number of hydrazine groups is 1. The number of nitrogens with zero attached hydrogens (tertiary/aromatic N) is 1.